The molecular weight excluding hydrogens is 372 g/mol. The van der Waals surface area contributed by atoms with Gasteiger partial charge in [-0.1, -0.05) is 19.1 Å². The zero-order chi connectivity index (χ0) is 18.8. The second kappa shape index (κ2) is 7.62. The highest BCUT2D eigenvalue weighted by molar-refractivity contribution is 7.21. The van der Waals surface area contributed by atoms with Crippen LogP contribution < -0.4 is 0 Å². The number of carbonyl (C=O) groups is 1. The van der Waals surface area contributed by atoms with Crippen molar-refractivity contribution in [2.75, 3.05) is 0 Å². The molecule has 3 nitrogen and oxygen atoms in total. The summed E-state index contributed by atoms with van der Waals surface area (Å²) >= 11 is 3.37. The molecule has 1 aromatic carbocycles. The van der Waals surface area contributed by atoms with Crippen molar-refractivity contribution in [2.45, 2.75) is 26.8 Å². The first kappa shape index (κ1) is 17.9. The lowest BCUT2D eigenvalue weighted by Crippen LogP contribution is -1.96. The summed E-state index contributed by atoms with van der Waals surface area (Å²) in [5, 5.41) is 1.96. The van der Waals surface area contributed by atoms with Crippen LogP contribution in [0.5, 0.6) is 0 Å². The van der Waals surface area contributed by atoms with Gasteiger partial charge >= 0.3 is 0 Å². The average Bonchev–Trinajstić information content (AvgIpc) is 3.42. The number of nitrogens with zero attached hydrogens (tertiary/aromatic N) is 2. The van der Waals surface area contributed by atoms with E-state index in [9.17, 15) is 4.79 Å². The lowest BCUT2D eigenvalue weighted by Gasteiger charge is -2.01. The van der Waals surface area contributed by atoms with E-state index >= 15 is 0 Å². The number of fused-ring (bicyclic) bond motifs is 1. The number of Topliss-reactive ketones (excluding diaryl/α,β-unsaturated/α-hetero) is 1. The van der Waals surface area contributed by atoms with Crippen molar-refractivity contribution in [2.24, 2.45) is 0 Å². The number of imidazole rings is 1. The Balaban J connectivity index is 1.59. The van der Waals surface area contributed by atoms with Gasteiger partial charge in [0.05, 0.1) is 11.0 Å². The van der Waals surface area contributed by atoms with E-state index in [4.69, 9.17) is 4.98 Å². The number of ketones is 1. The molecule has 0 saturated carbocycles. The maximum Gasteiger partial charge on any atom is 0.163 e. The van der Waals surface area contributed by atoms with E-state index < -0.39 is 0 Å². The molecule has 4 rings (SSSR count). The number of rotatable bonds is 6. The van der Waals surface area contributed by atoms with Gasteiger partial charge in [0.25, 0.3) is 0 Å². The minimum atomic E-state index is 0.202. The number of benzene rings is 1. The fourth-order valence-electron chi connectivity index (χ4n) is 3.10. The Hall–Kier alpha value is -2.50. The number of aryl methyl sites for hydroxylation is 1. The zero-order valence-electron chi connectivity index (χ0n) is 15.3. The Bertz CT molecular complexity index is 1130. The van der Waals surface area contributed by atoms with Gasteiger partial charge in [-0.2, -0.15) is 0 Å². The number of aromatic nitrogens is 2. The molecule has 0 N–H and O–H groups in total. The van der Waals surface area contributed by atoms with Crippen molar-refractivity contribution in [1.29, 1.82) is 0 Å². The maximum atomic E-state index is 11.8. The molecule has 136 valence electrons. The molecule has 0 aliphatic carbocycles. The standard InChI is InChI=1S/C22H20N2OS2/c1-3-19(25)15-13-21(26-14-15)20-11-9-16(27-20)10-12-22-23-17-7-5-6-8-18(17)24(22)4-2/h5-14H,3-4H2,1-2H3/b12-10+. The van der Waals surface area contributed by atoms with Crippen LogP contribution in [0, 0.1) is 0 Å². The Labute approximate surface area is 166 Å². The highest BCUT2D eigenvalue weighted by Gasteiger charge is 2.10. The first-order valence-electron chi connectivity index (χ1n) is 9.05. The second-order valence-corrected chi connectivity index (χ2v) is 8.24. The molecule has 0 spiro atoms. The third-order valence-electron chi connectivity index (χ3n) is 4.51. The van der Waals surface area contributed by atoms with Crippen LogP contribution in [0.25, 0.3) is 32.9 Å². The average molecular weight is 393 g/mol. The van der Waals surface area contributed by atoms with Crippen LogP contribution in [-0.2, 0) is 6.54 Å². The van der Waals surface area contributed by atoms with Crippen molar-refractivity contribution < 1.29 is 4.79 Å². The monoisotopic (exact) mass is 392 g/mol. The number of hydrogen-bond acceptors (Lipinski definition) is 4. The minimum Gasteiger partial charge on any atom is -0.325 e. The van der Waals surface area contributed by atoms with Gasteiger partial charge in [0.1, 0.15) is 5.82 Å². The van der Waals surface area contributed by atoms with Gasteiger partial charge in [-0.25, -0.2) is 4.98 Å². The van der Waals surface area contributed by atoms with Crippen LogP contribution in [0.1, 0.15) is 41.3 Å². The predicted molar refractivity (Wildman–Crippen MR) is 117 cm³/mol. The van der Waals surface area contributed by atoms with Crippen LogP contribution in [0.2, 0.25) is 0 Å². The van der Waals surface area contributed by atoms with Gasteiger partial charge in [0.2, 0.25) is 0 Å². The molecule has 5 heteroatoms. The third kappa shape index (κ3) is 3.53. The molecule has 0 atom stereocenters. The van der Waals surface area contributed by atoms with Crippen molar-refractivity contribution in [1.82, 2.24) is 9.55 Å². The molecule has 3 heterocycles. The van der Waals surface area contributed by atoms with E-state index in [-0.39, 0.29) is 5.78 Å². The molecule has 0 saturated heterocycles. The normalized spacial score (nSPS) is 11.6. The predicted octanol–water partition coefficient (Wildman–Crippen LogP) is 6.61. The lowest BCUT2D eigenvalue weighted by atomic mass is 10.1. The SMILES string of the molecule is CCC(=O)c1csc(-c2ccc(/C=C/c3nc4ccccc4n3CC)s2)c1. The molecule has 0 unspecified atom stereocenters. The first-order chi connectivity index (χ1) is 13.2. The van der Waals surface area contributed by atoms with Gasteiger partial charge < -0.3 is 4.57 Å². The lowest BCUT2D eigenvalue weighted by molar-refractivity contribution is 0.0988. The Morgan fingerprint density at radius 3 is 2.78 bits per heavy atom. The van der Waals surface area contributed by atoms with Gasteiger partial charge in [-0.05, 0) is 49.4 Å². The summed E-state index contributed by atoms with van der Waals surface area (Å²) in [6.45, 7) is 4.93. The molecular formula is C22H20N2OS2. The summed E-state index contributed by atoms with van der Waals surface area (Å²) in [6.07, 6.45) is 4.75. The summed E-state index contributed by atoms with van der Waals surface area (Å²) in [5.74, 6) is 1.17. The maximum absolute atomic E-state index is 11.8. The summed E-state index contributed by atoms with van der Waals surface area (Å²) < 4.78 is 2.22. The summed E-state index contributed by atoms with van der Waals surface area (Å²) in [5.41, 5.74) is 3.01. The van der Waals surface area contributed by atoms with Crippen molar-refractivity contribution in [3.63, 3.8) is 0 Å². The van der Waals surface area contributed by atoms with E-state index in [1.165, 1.54) is 15.3 Å². The van der Waals surface area contributed by atoms with Crippen LogP contribution >= 0.6 is 22.7 Å². The second-order valence-electron chi connectivity index (χ2n) is 6.21. The van der Waals surface area contributed by atoms with Crippen molar-refractivity contribution in [3.8, 4) is 9.75 Å². The first-order valence-corrected chi connectivity index (χ1v) is 10.7. The van der Waals surface area contributed by atoms with E-state index in [0.29, 0.717) is 6.42 Å². The van der Waals surface area contributed by atoms with Crippen LogP contribution in [-0.4, -0.2) is 15.3 Å². The summed E-state index contributed by atoms with van der Waals surface area (Å²) in [6, 6.07) is 14.5. The largest absolute Gasteiger partial charge is 0.325 e. The third-order valence-corrected chi connectivity index (χ3v) is 6.69. The van der Waals surface area contributed by atoms with Crippen LogP contribution in [0.4, 0.5) is 0 Å². The minimum absolute atomic E-state index is 0.202. The van der Waals surface area contributed by atoms with Crippen molar-refractivity contribution >= 4 is 51.6 Å². The summed E-state index contributed by atoms with van der Waals surface area (Å²) in [4.78, 5) is 20.1. The van der Waals surface area contributed by atoms with Gasteiger partial charge in [0, 0.05) is 38.5 Å². The smallest absolute Gasteiger partial charge is 0.163 e. The molecule has 0 fully saturated rings. The fraction of sp³-hybridized carbons (Fsp3) is 0.182. The topological polar surface area (TPSA) is 34.9 Å². The quantitative estimate of drug-likeness (QED) is 0.346. The Kier molecular flexibility index (Phi) is 5.05. The molecule has 4 aromatic rings. The van der Waals surface area contributed by atoms with E-state index in [1.54, 1.807) is 22.7 Å². The van der Waals surface area contributed by atoms with E-state index in [0.717, 1.165) is 28.3 Å². The van der Waals surface area contributed by atoms with Crippen molar-refractivity contribution in [3.05, 3.63) is 64.1 Å². The highest BCUT2D eigenvalue weighted by Crippen LogP contribution is 2.34. The molecule has 0 radical (unpaired) electrons. The molecule has 0 aliphatic rings. The van der Waals surface area contributed by atoms with Crippen LogP contribution in [0.3, 0.4) is 0 Å². The molecule has 27 heavy (non-hydrogen) atoms. The van der Waals surface area contributed by atoms with Gasteiger partial charge in [-0.15, -0.1) is 22.7 Å². The molecule has 3 aromatic heterocycles. The van der Waals surface area contributed by atoms with E-state index in [1.807, 2.05) is 36.6 Å². The summed E-state index contributed by atoms with van der Waals surface area (Å²) in [7, 11) is 0. The van der Waals surface area contributed by atoms with Gasteiger partial charge in [-0.3, -0.25) is 4.79 Å². The van der Waals surface area contributed by atoms with Gasteiger partial charge in [0.15, 0.2) is 5.78 Å². The number of hydrogen-bond donors (Lipinski definition) is 0. The molecule has 0 aliphatic heterocycles. The van der Waals surface area contributed by atoms with Crippen LogP contribution in [0.15, 0.2) is 47.8 Å². The number of thiophene rings is 2. The van der Waals surface area contributed by atoms with E-state index in [2.05, 4.69) is 41.8 Å². The Morgan fingerprint density at radius 2 is 1.96 bits per heavy atom. The Morgan fingerprint density at radius 1 is 1.11 bits per heavy atom. The number of carbonyl (C=O) groups excluding carboxylic acids is 1. The zero-order valence-corrected chi connectivity index (χ0v) is 16.9. The number of para-hydroxylation sites is 2. The molecule has 0 bridgehead atoms. The fourth-order valence-corrected chi connectivity index (χ4v) is 5.02. The highest BCUT2D eigenvalue weighted by atomic mass is 32.1. The molecule has 0 amide bonds.